The third kappa shape index (κ3) is 10.2. The lowest BCUT2D eigenvalue weighted by molar-refractivity contribution is -0.154. The number of allylic oxidation sites excluding steroid dienone is 2. The molecule has 14 nitrogen and oxygen atoms in total. The summed E-state index contributed by atoms with van der Waals surface area (Å²) in [6, 6.07) is 11.2. The van der Waals surface area contributed by atoms with Gasteiger partial charge in [0.2, 0.25) is 17.7 Å². The number of ketones is 1. The fourth-order valence-electron chi connectivity index (χ4n) is 7.13. The van der Waals surface area contributed by atoms with Crippen molar-refractivity contribution in [2.45, 2.75) is 75.7 Å². The van der Waals surface area contributed by atoms with Gasteiger partial charge in [0.1, 0.15) is 11.7 Å². The minimum Gasteiger partial charge on any atom is -0.480 e. The molecule has 3 saturated carbocycles. The number of halogens is 4. The van der Waals surface area contributed by atoms with Crippen LogP contribution in [-0.2, 0) is 19.9 Å². The van der Waals surface area contributed by atoms with Gasteiger partial charge in [0.15, 0.2) is 12.9 Å². The second-order valence-corrected chi connectivity index (χ2v) is 14.5. The van der Waals surface area contributed by atoms with Crippen LogP contribution in [0.3, 0.4) is 0 Å². The molecule has 3 aromatic rings. The van der Waals surface area contributed by atoms with E-state index in [1.165, 1.54) is 30.7 Å². The predicted molar refractivity (Wildman–Crippen MR) is 195 cm³/mol. The molecule has 3 fully saturated rings. The van der Waals surface area contributed by atoms with Gasteiger partial charge >= 0.3 is 18.2 Å². The highest BCUT2D eigenvalue weighted by molar-refractivity contribution is 6.33. The van der Waals surface area contributed by atoms with Crippen LogP contribution in [0.4, 0.5) is 30.8 Å². The van der Waals surface area contributed by atoms with Crippen molar-refractivity contribution in [2.75, 3.05) is 23.8 Å². The van der Waals surface area contributed by atoms with Gasteiger partial charge in [-0.3, -0.25) is 14.4 Å². The van der Waals surface area contributed by atoms with Crippen molar-refractivity contribution in [3.8, 4) is 6.01 Å². The molecule has 3 aliphatic carbocycles. The molecule has 4 atom stereocenters. The Bertz CT molecular complexity index is 1940. The van der Waals surface area contributed by atoms with E-state index in [-0.39, 0.29) is 48.5 Å². The topological polar surface area (TPSA) is 197 Å². The quantitative estimate of drug-likeness (QED) is 0.0557. The first-order valence-corrected chi connectivity index (χ1v) is 18.2. The number of carboxylic acids is 1. The SMILES string of the molecule is C/C(NCC[C@H](NC(=O)c1ccc(Nc2nc(NC3(c4ccc(Cl)cc4)CC3)nc(OCC(F)(F)F)n2)cc1)C(=O)O)=C(/N[C@@H]1C[C@H]2CC[C@@H]1C2)C(=O)C=O. The summed E-state index contributed by atoms with van der Waals surface area (Å²) in [5, 5.41) is 25.2. The Kier molecular flexibility index (Phi) is 11.8. The zero-order valence-corrected chi connectivity index (χ0v) is 30.5. The maximum absolute atomic E-state index is 13.1. The van der Waals surface area contributed by atoms with Gasteiger partial charge in [0.25, 0.3) is 5.91 Å². The summed E-state index contributed by atoms with van der Waals surface area (Å²) in [7, 11) is 0. The molecular formula is C37H40ClF3N8O6. The summed E-state index contributed by atoms with van der Waals surface area (Å²) in [6.45, 7) is 0.0970. The summed E-state index contributed by atoms with van der Waals surface area (Å²) in [5.74, 6) is -1.74. The number of hydrogen-bond donors (Lipinski definition) is 6. The molecule has 0 spiro atoms. The van der Waals surface area contributed by atoms with Gasteiger partial charge < -0.3 is 36.4 Å². The Morgan fingerprint density at radius 3 is 2.33 bits per heavy atom. The van der Waals surface area contributed by atoms with E-state index in [0.29, 0.717) is 41.1 Å². The van der Waals surface area contributed by atoms with Crippen molar-refractivity contribution in [1.82, 2.24) is 30.9 Å². The number of carboxylic acid groups (broad SMARTS) is 1. The number of benzene rings is 2. The largest absolute Gasteiger partial charge is 0.480 e. The molecular weight excluding hydrogens is 745 g/mol. The maximum Gasteiger partial charge on any atom is 0.422 e. The van der Waals surface area contributed by atoms with Crippen LogP contribution >= 0.6 is 11.6 Å². The highest BCUT2D eigenvalue weighted by Crippen LogP contribution is 2.48. The Morgan fingerprint density at radius 2 is 1.73 bits per heavy atom. The first kappa shape index (κ1) is 39.2. The lowest BCUT2D eigenvalue weighted by Gasteiger charge is -2.26. The Hall–Kier alpha value is -5.45. The Labute approximate surface area is 319 Å². The van der Waals surface area contributed by atoms with E-state index in [2.05, 4.69) is 41.5 Å². The summed E-state index contributed by atoms with van der Waals surface area (Å²) in [6.07, 6.45) is 1.27. The van der Waals surface area contributed by atoms with E-state index >= 15 is 0 Å². The van der Waals surface area contributed by atoms with Crippen molar-refractivity contribution in [2.24, 2.45) is 11.8 Å². The molecule has 6 N–H and O–H groups in total. The van der Waals surface area contributed by atoms with Crippen LogP contribution in [-0.4, -0.2) is 75.4 Å². The number of aliphatic carboxylic acids is 1. The molecule has 3 aliphatic rings. The number of nitrogens with one attached hydrogen (secondary N) is 5. The molecule has 0 unspecified atom stereocenters. The number of hydrogen-bond acceptors (Lipinski definition) is 12. The summed E-state index contributed by atoms with van der Waals surface area (Å²) >= 11 is 6.03. The van der Waals surface area contributed by atoms with Crippen LogP contribution in [0, 0.1) is 11.8 Å². The molecule has 18 heteroatoms. The molecule has 2 bridgehead atoms. The number of carbonyl (C=O) groups is 4. The van der Waals surface area contributed by atoms with Crippen LogP contribution in [0.1, 0.15) is 67.8 Å². The van der Waals surface area contributed by atoms with Crippen LogP contribution in [0.2, 0.25) is 5.02 Å². The van der Waals surface area contributed by atoms with E-state index in [0.717, 1.165) is 24.8 Å². The van der Waals surface area contributed by atoms with Crippen molar-refractivity contribution < 1.29 is 42.2 Å². The van der Waals surface area contributed by atoms with Crippen LogP contribution in [0.5, 0.6) is 6.01 Å². The van der Waals surface area contributed by atoms with Crippen molar-refractivity contribution in [1.29, 1.82) is 0 Å². The summed E-state index contributed by atoms with van der Waals surface area (Å²) < 4.78 is 43.7. The number of aldehydes is 1. The number of amides is 1. The number of rotatable bonds is 18. The molecule has 1 aromatic heterocycles. The minimum atomic E-state index is -4.63. The number of ether oxygens (including phenoxy) is 1. The van der Waals surface area contributed by atoms with Gasteiger partial charge in [0.05, 0.1) is 5.54 Å². The first-order valence-electron chi connectivity index (χ1n) is 17.8. The predicted octanol–water partition coefficient (Wildman–Crippen LogP) is 5.25. The van der Waals surface area contributed by atoms with Crippen LogP contribution < -0.4 is 31.3 Å². The normalized spacial score (nSPS) is 20.4. The number of carbonyl (C=O) groups excluding carboxylic acids is 3. The highest BCUT2D eigenvalue weighted by atomic mass is 35.5. The van der Waals surface area contributed by atoms with Gasteiger partial charge in [-0.05, 0) is 99.2 Å². The van der Waals surface area contributed by atoms with E-state index < -0.39 is 48.0 Å². The molecule has 0 aliphatic heterocycles. The van der Waals surface area contributed by atoms with Gasteiger partial charge in [-0.15, -0.1) is 0 Å². The lowest BCUT2D eigenvalue weighted by Crippen LogP contribution is -2.43. The number of fused-ring (bicyclic) bond motifs is 2. The minimum absolute atomic E-state index is 0.0264. The molecule has 1 amide bonds. The Balaban J connectivity index is 1.08. The molecule has 0 radical (unpaired) electrons. The Morgan fingerprint density at radius 1 is 1.02 bits per heavy atom. The third-order valence-corrected chi connectivity index (χ3v) is 10.4. The van der Waals surface area contributed by atoms with E-state index in [9.17, 15) is 37.5 Å². The van der Waals surface area contributed by atoms with Crippen molar-refractivity contribution in [3.63, 3.8) is 0 Å². The zero-order valence-electron chi connectivity index (χ0n) is 29.7. The molecule has 55 heavy (non-hydrogen) atoms. The van der Waals surface area contributed by atoms with Gasteiger partial charge in [-0.2, -0.15) is 28.1 Å². The molecule has 292 valence electrons. The first-order chi connectivity index (χ1) is 26.2. The number of Topliss-reactive ketones (excluding diaryl/α,β-unsaturated/α-hetero) is 1. The molecule has 6 rings (SSSR count). The van der Waals surface area contributed by atoms with E-state index in [1.54, 1.807) is 19.1 Å². The maximum atomic E-state index is 13.1. The molecule has 0 saturated heterocycles. The average Bonchev–Trinajstić information content (AvgIpc) is 3.60. The van der Waals surface area contributed by atoms with Gasteiger partial charge in [-0.25, -0.2) is 4.79 Å². The smallest absolute Gasteiger partial charge is 0.422 e. The van der Waals surface area contributed by atoms with Crippen molar-refractivity contribution >= 4 is 53.1 Å². The van der Waals surface area contributed by atoms with Gasteiger partial charge in [0, 0.05) is 34.6 Å². The lowest BCUT2D eigenvalue weighted by atomic mass is 9.95. The second kappa shape index (κ2) is 16.5. The van der Waals surface area contributed by atoms with E-state index in [1.807, 2.05) is 12.1 Å². The number of anilines is 3. The summed E-state index contributed by atoms with van der Waals surface area (Å²) in [5.41, 5.74) is 1.40. The third-order valence-electron chi connectivity index (χ3n) is 10.1. The average molecular weight is 785 g/mol. The number of aromatic nitrogens is 3. The monoisotopic (exact) mass is 784 g/mol. The van der Waals surface area contributed by atoms with E-state index in [4.69, 9.17) is 16.3 Å². The number of alkyl halides is 3. The van der Waals surface area contributed by atoms with Gasteiger partial charge in [-0.1, -0.05) is 30.2 Å². The molecule has 1 heterocycles. The van der Waals surface area contributed by atoms with Crippen LogP contribution in [0.15, 0.2) is 59.9 Å². The molecule has 2 aromatic carbocycles. The zero-order chi connectivity index (χ0) is 39.3. The standard InChI is InChI=1S/C37H40ClF3N8O6/c1-20(30(29(51)18-50)44-28-17-21-2-3-23(28)16-21)42-15-12-27(32(53)54)45-31(52)22-4-10-26(11-5-22)43-33-46-34(48-35(47-33)55-19-37(39,40)41)49-36(13-14-36)24-6-8-25(38)9-7-24/h4-11,18,21,23,27-28,42,44H,2-3,12-17,19H2,1H3,(H,45,52)(H,53,54)(H2,43,46,47,48,49)/b30-20-/t21-,23+,27-,28+/m0/s1. The second-order valence-electron chi connectivity index (χ2n) is 14.1. The van der Waals surface area contributed by atoms with Crippen LogP contribution in [0.25, 0.3) is 0 Å². The summed E-state index contributed by atoms with van der Waals surface area (Å²) in [4.78, 5) is 61.3. The fourth-order valence-corrected chi connectivity index (χ4v) is 7.25. The van der Waals surface area contributed by atoms with Crippen molar-refractivity contribution in [3.05, 3.63) is 76.1 Å². The highest BCUT2D eigenvalue weighted by Gasteiger charge is 2.45. The fraction of sp³-hybridized carbons (Fsp3) is 0.432. The number of nitrogens with zero attached hydrogens (tertiary/aromatic N) is 3.